The van der Waals surface area contributed by atoms with Crippen LogP contribution in [0.25, 0.3) is 0 Å². The number of nitrogens with zero attached hydrogens (tertiary/aromatic N) is 1. The largest absolute Gasteiger partial charge is 0.452 e. The van der Waals surface area contributed by atoms with E-state index in [1.165, 1.54) is 22.5 Å². The van der Waals surface area contributed by atoms with Crippen molar-refractivity contribution < 1.29 is 22.7 Å². The van der Waals surface area contributed by atoms with Crippen LogP contribution in [0, 0.1) is 6.92 Å². The molecule has 1 N–H and O–H groups in total. The molecule has 0 bridgehead atoms. The molecule has 9 heteroatoms. The molecule has 1 heterocycles. The van der Waals surface area contributed by atoms with E-state index in [9.17, 15) is 18.0 Å². The van der Waals surface area contributed by atoms with Gasteiger partial charge in [-0.05, 0) is 49.6 Å². The zero-order valence-corrected chi connectivity index (χ0v) is 17.4. The summed E-state index contributed by atoms with van der Waals surface area (Å²) in [6.45, 7) is 2.19. The van der Waals surface area contributed by atoms with Gasteiger partial charge in [-0.25, -0.2) is 13.2 Å². The number of hydrogen-bond donors (Lipinski definition) is 1. The third kappa shape index (κ3) is 4.95. The fourth-order valence-electron chi connectivity index (χ4n) is 3.04. The maximum atomic E-state index is 12.7. The first-order chi connectivity index (χ1) is 13.8. The summed E-state index contributed by atoms with van der Waals surface area (Å²) in [5.41, 5.74) is 1.25. The summed E-state index contributed by atoms with van der Waals surface area (Å²) in [7, 11) is -3.64. The molecule has 0 aromatic heterocycles. The van der Waals surface area contributed by atoms with Gasteiger partial charge in [-0.2, -0.15) is 4.31 Å². The van der Waals surface area contributed by atoms with E-state index in [2.05, 4.69) is 5.32 Å². The average molecular weight is 437 g/mol. The molecule has 1 amide bonds. The van der Waals surface area contributed by atoms with E-state index < -0.39 is 28.5 Å². The van der Waals surface area contributed by atoms with E-state index >= 15 is 0 Å². The van der Waals surface area contributed by atoms with Gasteiger partial charge in [0.25, 0.3) is 5.91 Å². The Kier molecular flexibility index (Phi) is 6.56. The average Bonchev–Trinajstić information content (AvgIpc) is 3.24. The number of rotatable bonds is 6. The predicted octanol–water partition coefficient (Wildman–Crippen LogP) is 3.23. The van der Waals surface area contributed by atoms with E-state index in [0.717, 1.165) is 18.4 Å². The van der Waals surface area contributed by atoms with Gasteiger partial charge in [-0.1, -0.05) is 29.8 Å². The molecule has 2 aromatic carbocycles. The van der Waals surface area contributed by atoms with Crippen molar-refractivity contribution in [3.8, 4) is 0 Å². The first-order valence-corrected chi connectivity index (χ1v) is 10.9. The smallest absolute Gasteiger partial charge is 0.338 e. The molecule has 3 rings (SSSR count). The van der Waals surface area contributed by atoms with Crippen molar-refractivity contribution in [2.24, 2.45) is 0 Å². The second kappa shape index (κ2) is 8.94. The van der Waals surface area contributed by atoms with Crippen LogP contribution >= 0.6 is 11.6 Å². The molecule has 0 saturated carbocycles. The number of aryl methyl sites for hydroxylation is 1. The number of anilines is 1. The van der Waals surface area contributed by atoms with E-state index in [1.807, 2.05) is 0 Å². The van der Waals surface area contributed by atoms with Crippen LogP contribution in [0.5, 0.6) is 0 Å². The minimum Gasteiger partial charge on any atom is -0.452 e. The van der Waals surface area contributed by atoms with Gasteiger partial charge >= 0.3 is 5.97 Å². The van der Waals surface area contributed by atoms with Crippen molar-refractivity contribution in [1.82, 2.24) is 4.31 Å². The number of sulfonamides is 1. The number of esters is 1. The molecule has 29 heavy (non-hydrogen) atoms. The lowest BCUT2D eigenvalue weighted by Crippen LogP contribution is -2.28. The van der Waals surface area contributed by atoms with Crippen molar-refractivity contribution in [3.05, 3.63) is 58.6 Å². The molecule has 0 radical (unpaired) electrons. The predicted molar refractivity (Wildman–Crippen MR) is 110 cm³/mol. The highest BCUT2D eigenvalue weighted by molar-refractivity contribution is 7.89. The van der Waals surface area contributed by atoms with Crippen molar-refractivity contribution in [1.29, 1.82) is 0 Å². The quantitative estimate of drug-likeness (QED) is 0.702. The van der Waals surface area contributed by atoms with Crippen molar-refractivity contribution in [2.75, 3.05) is 25.0 Å². The maximum Gasteiger partial charge on any atom is 0.338 e. The molecule has 2 aromatic rings. The lowest BCUT2D eigenvalue weighted by Gasteiger charge is -2.16. The third-order valence-electron chi connectivity index (χ3n) is 4.61. The first-order valence-electron chi connectivity index (χ1n) is 9.11. The number of nitrogens with one attached hydrogen (secondary N) is 1. The van der Waals surface area contributed by atoms with Crippen LogP contribution in [0.1, 0.15) is 28.8 Å². The molecule has 1 aliphatic rings. The van der Waals surface area contributed by atoms with Crippen LogP contribution in [0.3, 0.4) is 0 Å². The molecule has 1 fully saturated rings. The molecule has 7 nitrogen and oxygen atoms in total. The molecule has 0 atom stereocenters. The van der Waals surface area contributed by atoms with Gasteiger partial charge in [0.2, 0.25) is 10.0 Å². The van der Waals surface area contributed by atoms with E-state index in [1.54, 1.807) is 31.2 Å². The van der Waals surface area contributed by atoms with Crippen LogP contribution in [-0.4, -0.2) is 44.3 Å². The van der Waals surface area contributed by atoms with Crippen molar-refractivity contribution in [3.63, 3.8) is 0 Å². The number of amides is 1. The van der Waals surface area contributed by atoms with Gasteiger partial charge in [0.1, 0.15) is 0 Å². The Bertz CT molecular complexity index is 1030. The monoisotopic (exact) mass is 436 g/mol. The fraction of sp³-hybridized carbons (Fsp3) is 0.300. The molecule has 0 aliphatic carbocycles. The maximum absolute atomic E-state index is 12.7. The number of carbonyl (C=O) groups is 2. The van der Waals surface area contributed by atoms with E-state index in [-0.39, 0.29) is 15.6 Å². The highest BCUT2D eigenvalue weighted by atomic mass is 35.5. The SMILES string of the molecule is Cc1ccccc1C(=O)OCC(=O)Nc1cc(S(=O)(=O)N2CCCC2)ccc1Cl. The number of carbonyl (C=O) groups excluding carboxylic acids is 2. The normalized spacial score (nSPS) is 14.6. The molecular formula is C20H21ClN2O5S. The summed E-state index contributed by atoms with van der Waals surface area (Å²) >= 11 is 6.10. The molecule has 154 valence electrons. The fourth-order valence-corrected chi connectivity index (χ4v) is 4.74. The molecular weight excluding hydrogens is 416 g/mol. The Labute approximate surface area is 174 Å². The van der Waals surface area contributed by atoms with Crippen LogP contribution in [0.15, 0.2) is 47.4 Å². The van der Waals surface area contributed by atoms with Gasteiger partial charge in [0.15, 0.2) is 6.61 Å². The first kappa shape index (κ1) is 21.3. The zero-order chi connectivity index (χ0) is 21.0. The standard InChI is InChI=1S/C20H21ClN2O5S/c1-14-6-2-3-7-16(14)20(25)28-13-19(24)22-18-12-15(8-9-17(18)21)29(26,27)23-10-4-5-11-23/h2-3,6-9,12H,4-5,10-11,13H2,1H3,(H,22,24). The zero-order valence-electron chi connectivity index (χ0n) is 15.9. The number of ether oxygens (including phenoxy) is 1. The molecule has 0 unspecified atom stereocenters. The van der Waals surface area contributed by atoms with Gasteiger partial charge in [-0.15, -0.1) is 0 Å². The Hall–Kier alpha value is -2.42. The topological polar surface area (TPSA) is 92.8 Å². The minimum absolute atomic E-state index is 0.0519. The summed E-state index contributed by atoms with van der Waals surface area (Å²) in [4.78, 5) is 24.4. The number of hydrogen-bond acceptors (Lipinski definition) is 5. The highest BCUT2D eigenvalue weighted by Crippen LogP contribution is 2.28. The van der Waals surface area contributed by atoms with E-state index in [0.29, 0.717) is 18.7 Å². The van der Waals surface area contributed by atoms with Crippen LogP contribution < -0.4 is 5.32 Å². The summed E-state index contributed by atoms with van der Waals surface area (Å²) in [6, 6.07) is 11.0. The minimum atomic E-state index is -3.64. The van der Waals surface area contributed by atoms with Gasteiger partial charge in [0.05, 0.1) is 21.2 Å². The summed E-state index contributed by atoms with van der Waals surface area (Å²) in [6.07, 6.45) is 1.64. The lowest BCUT2D eigenvalue weighted by molar-refractivity contribution is -0.119. The Morgan fingerprint density at radius 2 is 1.83 bits per heavy atom. The summed E-state index contributed by atoms with van der Waals surface area (Å²) < 4.78 is 31.8. The van der Waals surface area contributed by atoms with Gasteiger partial charge < -0.3 is 10.1 Å². The van der Waals surface area contributed by atoms with Crippen LogP contribution in [-0.2, 0) is 19.6 Å². The molecule has 0 spiro atoms. The third-order valence-corrected chi connectivity index (χ3v) is 6.84. The van der Waals surface area contributed by atoms with Crippen LogP contribution in [0.4, 0.5) is 5.69 Å². The Morgan fingerprint density at radius 1 is 1.14 bits per heavy atom. The highest BCUT2D eigenvalue weighted by Gasteiger charge is 2.27. The van der Waals surface area contributed by atoms with Gasteiger partial charge in [-0.3, -0.25) is 4.79 Å². The Morgan fingerprint density at radius 3 is 2.52 bits per heavy atom. The second-order valence-corrected chi connectivity index (χ2v) is 9.04. The Balaban J connectivity index is 1.67. The van der Waals surface area contributed by atoms with Gasteiger partial charge in [0, 0.05) is 13.1 Å². The summed E-state index contributed by atoms with van der Waals surface area (Å²) in [5.74, 6) is -1.24. The molecule has 1 saturated heterocycles. The van der Waals surface area contributed by atoms with Crippen molar-refractivity contribution >= 4 is 39.2 Å². The van der Waals surface area contributed by atoms with Crippen molar-refractivity contribution in [2.45, 2.75) is 24.7 Å². The lowest BCUT2D eigenvalue weighted by atomic mass is 10.1. The summed E-state index contributed by atoms with van der Waals surface area (Å²) in [5, 5.41) is 2.69. The van der Waals surface area contributed by atoms with E-state index in [4.69, 9.17) is 16.3 Å². The van der Waals surface area contributed by atoms with Crippen LogP contribution in [0.2, 0.25) is 5.02 Å². The second-order valence-electron chi connectivity index (χ2n) is 6.69. The molecule has 1 aliphatic heterocycles. The number of halogens is 1. The number of benzene rings is 2.